The number of fused-ring (bicyclic) bond motifs is 7. The van der Waals surface area contributed by atoms with Crippen LogP contribution in [-0.4, -0.2) is 0 Å². The lowest BCUT2D eigenvalue weighted by molar-refractivity contribution is 1.85. The van der Waals surface area contributed by atoms with Crippen LogP contribution in [0.15, 0.2) is 72.8 Å². The van der Waals surface area contributed by atoms with E-state index in [1.807, 2.05) is 11.3 Å². The molecule has 0 aliphatic heterocycles. The molecule has 1 heteroatoms. The molecule has 0 N–H and O–H groups in total. The lowest BCUT2D eigenvalue weighted by Gasteiger charge is -1.98. The third-order valence-electron chi connectivity index (χ3n) is 5.75. The molecule has 0 saturated heterocycles. The Hall–Kier alpha value is -2.90. The summed E-state index contributed by atoms with van der Waals surface area (Å²) in [5.74, 6) is 0. The second-order valence-electron chi connectivity index (χ2n) is 6.93. The second-order valence-corrected chi connectivity index (χ2v) is 7.95. The zero-order chi connectivity index (χ0) is 16.1. The molecule has 0 radical (unpaired) electrons. The van der Waals surface area contributed by atoms with Crippen LogP contribution in [0.5, 0.6) is 0 Å². The lowest BCUT2D eigenvalue weighted by atomic mass is 10.1. The predicted molar refractivity (Wildman–Crippen MR) is 112 cm³/mol. The van der Waals surface area contributed by atoms with E-state index in [-0.39, 0.29) is 0 Å². The first-order valence-electron chi connectivity index (χ1n) is 8.63. The van der Waals surface area contributed by atoms with E-state index in [1.54, 1.807) is 0 Å². The van der Waals surface area contributed by atoms with Gasteiger partial charge in [-0.25, -0.2) is 0 Å². The van der Waals surface area contributed by atoms with E-state index < -0.39 is 0 Å². The van der Waals surface area contributed by atoms with Crippen LogP contribution in [0.1, 0.15) is 0 Å². The van der Waals surface area contributed by atoms with Crippen molar-refractivity contribution in [3.8, 4) is 0 Å². The van der Waals surface area contributed by atoms with Gasteiger partial charge in [-0.05, 0) is 32.3 Å². The molecule has 0 aliphatic rings. The maximum atomic E-state index is 2.30. The van der Waals surface area contributed by atoms with Gasteiger partial charge in [0.25, 0.3) is 0 Å². The van der Waals surface area contributed by atoms with E-state index in [9.17, 15) is 0 Å². The molecular weight excluding hydrogens is 320 g/mol. The zero-order valence-corrected chi connectivity index (χ0v) is 14.2. The predicted octanol–water partition coefficient (Wildman–Crippen LogP) is 7.54. The van der Waals surface area contributed by atoms with Crippen molar-refractivity contribution < 1.29 is 0 Å². The summed E-state index contributed by atoms with van der Waals surface area (Å²) in [7, 11) is 0. The maximum absolute atomic E-state index is 2.30. The van der Waals surface area contributed by atoms with Crippen molar-refractivity contribution in [1.29, 1.82) is 0 Å². The lowest BCUT2D eigenvalue weighted by Crippen LogP contribution is -1.71. The summed E-state index contributed by atoms with van der Waals surface area (Å²) in [6, 6.07) is 26.9. The van der Waals surface area contributed by atoms with Crippen molar-refractivity contribution in [3.63, 3.8) is 0 Å². The second kappa shape index (κ2) is 4.01. The Morgan fingerprint density at radius 3 is 1.24 bits per heavy atom. The fourth-order valence-electron chi connectivity index (χ4n) is 4.80. The molecule has 7 rings (SSSR count). The fourth-order valence-corrected chi connectivity index (χ4v) is 6.19. The van der Waals surface area contributed by atoms with Gasteiger partial charge in [0.15, 0.2) is 0 Å². The molecule has 0 nitrogen and oxygen atoms in total. The van der Waals surface area contributed by atoms with E-state index in [0.29, 0.717) is 0 Å². The fraction of sp³-hybridized carbons (Fsp3) is 0. The standard InChI is InChI=1S/C24H12S/c1-5-13-7-3-11-17-19(13)15(9-1)21-22-16-10-2-6-14-8-4-12-18(20(14)16)24(22)25-23(17)21/h1-12H. The van der Waals surface area contributed by atoms with Crippen molar-refractivity contribution in [3.05, 3.63) is 72.8 Å². The molecule has 0 amide bonds. The minimum atomic E-state index is 1.35. The quantitative estimate of drug-likeness (QED) is 0.269. The SMILES string of the molecule is c1cc2cccc3c2c(c1)c1sc2c4cccc5cccc(c54)c2c31. The van der Waals surface area contributed by atoms with E-state index in [2.05, 4.69) is 72.8 Å². The smallest absolute Gasteiger partial charge is 0.0440 e. The molecule has 0 saturated carbocycles. The zero-order valence-electron chi connectivity index (χ0n) is 13.3. The van der Waals surface area contributed by atoms with Gasteiger partial charge in [0.2, 0.25) is 0 Å². The summed E-state index contributed by atoms with van der Waals surface area (Å²) in [4.78, 5) is 0. The summed E-state index contributed by atoms with van der Waals surface area (Å²) < 4.78 is 2.90. The van der Waals surface area contributed by atoms with Crippen LogP contribution in [0.4, 0.5) is 0 Å². The van der Waals surface area contributed by atoms with E-state index in [0.717, 1.165) is 0 Å². The molecule has 0 atom stereocenters. The van der Waals surface area contributed by atoms with Crippen LogP contribution < -0.4 is 0 Å². The summed E-state index contributed by atoms with van der Waals surface area (Å²) in [5.41, 5.74) is 0. The molecule has 0 aliphatic carbocycles. The molecule has 7 aromatic rings. The van der Waals surface area contributed by atoms with E-state index in [1.165, 1.54) is 63.3 Å². The van der Waals surface area contributed by atoms with Crippen LogP contribution in [0.25, 0.3) is 63.3 Å². The molecular formula is C24H12S. The Morgan fingerprint density at radius 1 is 0.400 bits per heavy atom. The molecule has 0 bridgehead atoms. The van der Waals surface area contributed by atoms with Gasteiger partial charge < -0.3 is 0 Å². The van der Waals surface area contributed by atoms with Crippen molar-refractivity contribution in [2.24, 2.45) is 0 Å². The van der Waals surface area contributed by atoms with Gasteiger partial charge in [-0.1, -0.05) is 72.8 Å². The van der Waals surface area contributed by atoms with E-state index in [4.69, 9.17) is 0 Å². The van der Waals surface area contributed by atoms with Crippen molar-refractivity contribution >= 4 is 74.6 Å². The van der Waals surface area contributed by atoms with Gasteiger partial charge in [-0.3, -0.25) is 0 Å². The third kappa shape index (κ3) is 1.29. The van der Waals surface area contributed by atoms with Crippen LogP contribution in [0.3, 0.4) is 0 Å². The number of hydrogen-bond donors (Lipinski definition) is 0. The summed E-state index contributed by atoms with van der Waals surface area (Å²) >= 11 is 1.97. The average Bonchev–Trinajstić information content (AvgIpc) is 3.28. The van der Waals surface area contributed by atoms with Gasteiger partial charge >= 0.3 is 0 Å². The molecule has 1 aromatic heterocycles. The topological polar surface area (TPSA) is 0 Å². The first kappa shape index (κ1) is 12.5. The summed E-state index contributed by atoms with van der Waals surface area (Å²) in [6.45, 7) is 0. The normalized spacial score (nSPS) is 12.8. The number of benzene rings is 4. The van der Waals surface area contributed by atoms with Crippen LogP contribution in [-0.2, 0) is 0 Å². The summed E-state index contributed by atoms with van der Waals surface area (Å²) in [5, 5.41) is 14.1. The number of thiophene rings is 1. The van der Waals surface area contributed by atoms with Crippen LogP contribution in [0.2, 0.25) is 0 Å². The molecule has 25 heavy (non-hydrogen) atoms. The Labute approximate surface area is 147 Å². The van der Waals surface area contributed by atoms with Crippen molar-refractivity contribution in [2.45, 2.75) is 0 Å². The van der Waals surface area contributed by atoms with Gasteiger partial charge in [-0.2, -0.15) is 0 Å². The largest absolute Gasteiger partial charge is 0.134 e. The number of rotatable bonds is 0. The first-order chi connectivity index (χ1) is 12.4. The highest BCUT2D eigenvalue weighted by Crippen LogP contribution is 2.51. The molecule has 0 fully saturated rings. The van der Waals surface area contributed by atoms with Gasteiger partial charge in [0.1, 0.15) is 0 Å². The average molecular weight is 332 g/mol. The highest BCUT2D eigenvalue weighted by Gasteiger charge is 2.21. The first-order valence-corrected chi connectivity index (χ1v) is 9.45. The van der Waals surface area contributed by atoms with Crippen molar-refractivity contribution in [2.75, 3.05) is 0 Å². The Bertz CT molecular complexity index is 1450. The minimum Gasteiger partial charge on any atom is -0.134 e. The highest BCUT2D eigenvalue weighted by atomic mass is 32.1. The molecule has 1 heterocycles. The molecule has 6 aromatic carbocycles. The third-order valence-corrected chi connectivity index (χ3v) is 7.00. The van der Waals surface area contributed by atoms with Gasteiger partial charge in [0.05, 0.1) is 0 Å². The van der Waals surface area contributed by atoms with Crippen molar-refractivity contribution in [1.82, 2.24) is 0 Å². The number of hydrogen-bond acceptors (Lipinski definition) is 1. The van der Waals surface area contributed by atoms with Gasteiger partial charge in [0, 0.05) is 30.9 Å². The molecule has 114 valence electrons. The monoisotopic (exact) mass is 332 g/mol. The van der Waals surface area contributed by atoms with E-state index >= 15 is 0 Å². The minimum absolute atomic E-state index is 1.35. The van der Waals surface area contributed by atoms with Crippen LogP contribution in [0, 0.1) is 0 Å². The van der Waals surface area contributed by atoms with Crippen LogP contribution >= 0.6 is 11.3 Å². The Morgan fingerprint density at radius 2 is 0.800 bits per heavy atom. The van der Waals surface area contributed by atoms with Gasteiger partial charge in [-0.15, -0.1) is 11.3 Å². The Kier molecular flexibility index (Phi) is 2.00. The highest BCUT2D eigenvalue weighted by molar-refractivity contribution is 7.28. The maximum Gasteiger partial charge on any atom is 0.0440 e. The molecule has 0 spiro atoms. The molecule has 0 unspecified atom stereocenters. The summed E-state index contributed by atoms with van der Waals surface area (Å²) in [6.07, 6.45) is 0. The Balaban J connectivity index is 1.93.